The fourth-order valence-corrected chi connectivity index (χ4v) is 2.30. The number of amides is 1. The Morgan fingerprint density at radius 3 is 1.92 bits per heavy atom. The fourth-order valence-electron chi connectivity index (χ4n) is 2.30. The van der Waals surface area contributed by atoms with E-state index < -0.39 is 12.1 Å². The Kier molecular flexibility index (Phi) is 14.5. The van der Waals surface area contributed by atoms with Crippen LogP contribution in [0.3, 0.4) is 0 Å². The largest absolute Gasteiger partial charge is 0.464 e. The van der Waals surface area contributed by atoms with Crippen LogP contribution in [0.4, 0.5) is 4.79 Å². The van der Waals surface area contributed by atoms with Crippen molar-refractivity contribution in [3.63, 3.8) is 0 Å². The van der Waals surface area contributed by atoms with Gasteiger partial charge < -0.3 is 14.8 Å². The second-order valence-corrected chi connectivity index (χ2v) is 6.64. The molecule has 0 unspecified atom stereocenters. The zero-order valence-corrected chi connectivity index (χ0v) is 16.1. The molecule has 0 rings (SSSR count). The molecule has 142 valence electrons. The molecular formula is C19H37NO4. The molecule has 0 aliphatic heterocycles. The number of unbranched alkanes of at least 4 members (excludes halogenated alkanes) is 7. The summed E-state index contributed by atoms with van der Waals surface area (Å²) in [6.45, 7) is 8.79. The zero-order valence-electron chi connectivity index (χ0n) is 16.1. The summed E-state index contributed by atoms with van der Waals surface area (Å²) < 4.78 is 10.4. The van der Waals surface area contributed by atoms with E-state index in [1.807, 2.05) is 20.8 Å². The standard InChI is InChI=1S/C19H37NO4/c1-5-7-9-10-11-12-13-15-23-18(21)17(16(3)4)20-19(22)24-14-8-6-2/h16-17H,5-15H2,1-4H3,(H,20,22)/t17-/m0/s1. The molecule has 0 aromatic carbocycles. The summed E-state index contributed by atoms with van der Waals surface area (Å²) in [4.78, 5) is 23.8. The molecule has 5 heteroatoms. The molecule has 1 amide bonds. The molecule has 5 nitrogen and oxygen atoms in total. The van der Waals surface area contributed by atoms with Crippen LogP contribution in [0.15, 0.2) is 0 Å². The highest BCUT2D eigenvalue weighted by Gasteiger charge is 2.26. The van der Waals surface area contributed by atoms with Gasteiger partial charge in [0.2, 0.25) is 0 Å². The van der Waals surface area contributed by atoms with Crippen molar-refractivity contribution in [2.24, 2.45) is 5.92 Å². The Hall–Kier alpha value is -1.26. The minimum atomic E-state index is -0.649. The van der Waals surface area contributed by atoms with Crippen LogP contribution in [0.5, 0.6) is 0 Å². The van der Waals surface area contributed by atoms with Gasteiger partial charge in [-0.15, -0.1) is 0 Å². The first-order chi connectivity index (χ1) is 11.5. The Bertz CT molecular complexity index is 331. The minimum Gasteiger partial charge on any atom is -0.464 e. The molecule has 0 bridgehead atoms. The first-order valence-corrected chi connectivity index (χ1v) is 9.62. The average Bonchev–Trinajstić information content (AvgIpc) is 2.54. The highest BCUT2D eigenvalue weighted by molar-refractivity contribution is 5.81. The predicted molar refractivity (Wildman–Crippen MR) is 97.0 cm³/mol. The smallest absolute Gasteiger partial charge is 0.407 e. The van der Waals surface area contributed by atoms with Gasteiger partial charge >= 0.3 is 12.1 Å². The number of carbonyl (C=O) groups excluding carboxylic acids is 2. The third kappa shape index (κ3) is 12.2. The van der Waals surface area contributed by atoms with Crippen molar-refractivity contribution in [1.29, 1.82) is 0 Å². The third-order valence-electron chi connectivity index (χ3n) is 3.92. The van der Waals surface area contributed by atoms with Gasteiger partial charge in [0.25, 0.3) is 0 Å². The fraction of sp³-hybridized carbons (Fsp3) is 0.895. The molecule has 1 atom stereocenters. The van der Waals surface area contributed by atoms with Crippen molar-refractivity contribution in [3.8, 4) is 0 Å². The number of nitrogens with one attached hydrogen (secondary N) is 1. The van der Waals surface area contributed by atoms with Gasteiger partial charge in [-0.1, -0.05) is 72.6 Å². The Morgan fingerprint density at radius 2 is 1.33 bits per heavy atom. The SMILES string of the molecule is CCCCCCCCCOC(=O)[C@@H](NC(=O)OCCCC)C(C)C. The molecule has 0 fully saturated rings. The van der Waals surface area contributed by atoms with Gasteiger partial charge in [-0.3, -0.25) is 0 Å². The molecule has 0 saturated heterocycles. The maximum absolute atomic E-state index is 12.1. The summed E-state index contributed by atoms with van der Waals surface area (Å²) in [6.07, 6.45) is 9.47. The lowest BCUT2D eigenvalue weighted by Crippen LogP contribution is -2.45. The van der Waals surface area contributed by atoms with Crippen molar-refractivity contribution < 1.29 is 19.1 Å². The van der Waals surface area contributed by atoms with Crippen LogP contribution < -0.4 is 5.32 Å². The number of ether oxygens (including phenoxy) is 2. The van der Waals surface area contributed by atoms with Gasteiger partial charge in [-0.25, -0.2) is 9.59 Å². The van der Waals surface area contributed by atoms with E-state index in [0.29, 0.717) is 13.2 Å². The van der Waals surface area contributed by atoms with Crippen molar-refractivity contribution >= 4 is 12.1 Å². The molecule has 0 aromatic rings. The maximum Gasteiger partial charge on any atom is 0.407 e. The predicted octanol–water partition coefficient (Wildman–Crippen LogP) is 4.83. The van der Waals surface area contributed by atoms with Gasteiger partial charge in [-0.2, -0.15) is 0 Å². The van der Waals surface area contributed by atoms with Gasteiger partial charge in [0, 0.05) is 0 Å². The molecule has 0 saturated carbocycles. The van der Waals surface area contributed by atoms with Crippen LogP contribution >= 0.6 is 0 Å². The van der Waals surface area contributed by atoms with Crippen LogP contribution in [-0.4, -0.2) is 31.3 Å². The van der Waals surface area contributed by atoms with E-state index >= 15 is 0 Å². The van der Waals surface area contributed by atoms with Gasteiger partial charge in [0.1, 0.15) is 6.04 Å². The summed E-state index contributed by atoms with van der Waals surface area (Å²) in [5, 5.41) is 2.61. The highest BCUT2D eigenvalue weighted by atomic mass is 16.6. The molecule has 0 aliphatic rings. The Morgan fingerprint density at radius 1 is 0.792 bits per heavy atom. The van der Waals surface area contributed by atoms with Crippen LogP contribution in [0.1, 0.15) is 85.5 Å². The van der Waals surface area contributed by atoms with Crippen LogP contribution in [-0.2, 0) is 14.3 Å². The van der Waals surface area contributed by atoms with Crippen molar-refractivity contribution in [2.75, 3.05) is 13.2 Å². The average molecular weight is 344 g/mol. The van der Waals surface area contributed by atoms with Crippen molar-refractivity contribution in [2.45, 2.75) is 91.5 Å². The van der Waals surface area contributed by atoms with E-state index in [0.717, 1.165) is 25.7 Å². The molecular weight excluding hydrogens is 306 g/mol. The lowest BCUT2D eigenvalue weighted by Gasteiger charge is -2.20. The first kappa shape index (κ1) is 22.7. The van der Waals surface area contributed by atoms with Crippen molar-refractivity contribution in [3.05, 3.63) is 0 Å². The van der Waals surface area contributed by atoms with Crippen LogP contribution in [0.2, 0.25) is 0 Å². The summed E-state index contributed by atoms with van der Waals surface area (Å²) in [5.74, 6) is -0.409. The molecule has 0 radical (unpaired) electrons. The third-order valence-corrected chi connectivity index (χ3v) is 3.92. The van der Waals surface area contributed by atoms with E-state index in [-0.39, 0.29) is 11.9 Å². The molecule has 1 N–H and O–H groups in total. The van der Waals surface area contributed by atoms with E-state index in [9.17, 15) is 9.59 Å². The lowest BCUT2D eigenvalue weighted by atomic mass is 10.1. The number of carbonyl (C=O) groups is 2. The topological polar surface area (TPSA) is 64.6 Å². The summed E-state index contributed by atoms with van der Waals surface area (Å²) in [6, 6.07) is -0.649. The summed E-state index contributed by atoms with van der Waals surface area (Å²) >= 11 is 0. The molecule has 0 heterocycles. The Balaban J connectivity index is 3.93. The summed E-state index contributed by atoms with van der Waals surface area (Å²) in [5.41, 5.74) is 0. The van der Waals surface area contributed by atoms with Gasteiger partial charge in [0.05, 0.1) is 13.2 Å². The first-order valence-electron chi connectivity index (χ1n) is 9.62. The number of hydrogen-bond donors (Lipinski definition) is 1. The van der Waals surface area contributed by atoms with E-state index in [4.69, 9.17) is 9.47 Å². The summed E-state index contributed by atoms with van der Waals surface area (Å²) in [7, 11) is 0. The highest BCUT2D eigenvalue weighted by Crippen LogP contribution is 2.08. The minimum absolute atomic E-state index is 0.0368. The second-order valence-electron chi connectivity index (χ2n) is 6.64. The lowest BCUT2D eigenvalue weighted by molar-refractivity contribution is -0.147. The quantitative estimate of drug-likeness (QED) is 0.362. The van der Waals surface area contributed by atoms with Gasteiger partial charge in [-0.05, 0) is 18.8 Å². The number of esters is 1. The molecule has 0 spiro atoms. The number of hydrogen-bond acceptors (Lipinski definition) is 4. The maximum atomic E-state index is 12.1. The van der Waals surface area contributed by atoms with Crippen molar-refractivity contribution in [1.82, 2.24) is 5.32 Å². The van der Waals surface area contributed by atoms with Crippen LogP contribution in [0, 0.1) is 5.92 Å². The van der Waals surface area contributed by atoms with E-state index in [1.165, 1.54) is 32.1 Å². The monoisotopic (exact) mass is 343 g/mol. The van der Waals surface area contributed by atoms with Crippen LogP contribution in [0.25, 0.3) is 0 Å². The Labute approximate surface area is 147 Å². The van der Waals surface area contributed by atoms with Gasteiger partial charge in [0.15, 0.2) is 0 Å². The number of alkyl carbamates (subject to hydrolysis) is 1. The molecule has 24 heavy (non-hydrogen) atoms. The molecule has 0 aromatic heterocycles. The molecule has 0 aliphatic carbocycles. The normalized spacial score (nSPS) is 12.0. The van der Waals surface area contributed by atoms with E-state index in [2.05, 4.69) is 12.2 Å². The zero-order chi connectivity index (χ0) is 18.2. The van der Waals surface area contributed by atoms with E-state index in [1.54, 1.807) is 0 Å². The number of rotatable bonds is 14. The second kappa shape index (κ2) is 15.3.